The molecule has 1 atom stereocenters. The monoisotopic (exact) mass is 332 g/mol. The van der Waals surface area contributed by atoms with Crippen molar-refractivity contribution in [2.75, 3.05) is 13.1 Å². The second kappa shape index (κ2) is 6.74. The minimum absolute atomic E-state index is 0.112. The van der Waals surface area contributed by atoms with Gasteiger partial charge in [0.2, 0.25) is 17.7 Å². The number of thiophene rings is 1. The molecule has 23 heavy (non-hydrogen) atoms. The largest absolute Gasteiger partial charge is 0.352 e. The zero-order chi connectivity index (χ0) is 16.2. The summed E-state index contributed by atoms with van der Waals surface area (Å²) in [7, 11) is 0. The summed E-state index contributed by atoms with van der Waals surface area (Å²) in [6.07, 6.45) is 3.91. The van der Waals surface area contributed by atoms with Gasteiger partial charge in [-0.2, -0.15) is 5.10 Å². The SMILES string of the molecule is O=C(CN1C(=O)CCC1=O)NC[C@H](c1cccs1)n1cccn1. The lowest BCUT2D eigenvalue weighted by Gasteiger charge is -2.18. The predicted molar refractivity (Wildman–Crippen MR) is 83.6 cm³/mol. The predicted octanol–water partition coefficient (Wildman–Crippen LogP) is 0.799. The fourth-order valence-electron chi connectivity index (χ4n) is 2.48. The van der Waals surface area contributed by atoms with Gasteiger partial charge in [-0.3, -0.25) is 24.0 Å². The molecule has 3 heterocycles. The molecule has 1 aliphatic rings. The number of carbonyl (C=O) groups excluding carboxylic acids is 3. The number of nitrogens with zero attached hydrogens (tertiary/aromatic N) is 3. The van der Waals surface area contributed by atoms with Crippen LogP contribution in [0.3, 0.4) is 0 Å². The number of hydrogen-bond acceptors (Lipinski definition) is 5. The lowest BCUT2D eigenvalue weighted by molar-refractivity contribution is -0.142. The molecule has 0 radical (unpaired) electrons. The number of rotatable bonds is 6. The van der Waals surface area contributed by atoms with Gasteiger partial charge in [-0.15, -0.1) is 11.3 Å². The molecule has 1 aliphatic heterocycles. The Balaban J connectivity index is 1.62. The summed E-state index contributed by atoms with van der Waals surface area (Å²) in [5, 5.41) is 8.99. The topological polar surface area (TPSA) is 84.3 Å². The lowest BCUT2D eigenvalue weighted by atomic mass is 10.2. The number of likely N-dealkylation sites (tertiary alicyclic amines) is 1. The van der Waals surface area contributed by atoms with Crippen LogP contribution in [0.2, 0.25) is 0 Å². The van der Waals surface area contributed by atoms with E-state index in [-0.39, 0.29) is 43.1 Å². The number of carbonyl (C=O) groups is 3. The molecule has 0 aliphatic carbocycles. The Hall–Kier alpha value is -2.48. The maximum Gasteiger partial charge on any atom is 0.240 e. The van der Waals surface area contributed by atoms with Gasteiger partial charge in [0, 0.05) is 36.7 Å². The summed E-state index contributed by atoms with van der Waals surface area (Å²) in [5.74, 6) is -0.915. The molecule has 1 N–H and O–H groups in total. The van der Waals surface area contributed by atoms with E-state index in [9.17, 15) is 14.4 Å². The fraction of sp³-hybridized carbons (Fsp3) is 0.333. The van der Waals surface area contributed by atoms with E-state index in [0.717, 1.165) is 9.78 Å². The molecule has 0 aromatic carbocycles. The molecule has 0 spiro atoms. The molecule has 8 heteroatoms. The molecule has 2 aromatic heterocycles. The summed E-state index contributed by atoms with van der Waals surface area (Å²) in [4.78, 5) is 37.2. The van der Waals surface area contributed by atoms with Crippen LogP contribution >= 0.6 is 11.3 Å². The van der Waals surface area contributed by atoms with Gasteiger partial charge in [0.1, 0.15) is 12.6 Å². The van der Waals surface area contributed by atoms with E-state index in [1.165, 1.54) is 0 Å². The van der Waals surface area contributed by atoms with Crippen LogP contribution in [0.4, 0.5) is 0 Å². The Kier molecular flexibility index (Phi) is 4.52. The van der Waals surface area contributed by atoms with Crippen molar-refractivity contribution >= 4 is 29.1 Å². The summed E-state index contributed by atoms with van der Waals surface area (Å²) in [6.45, 7) is 0.130. The van der Waals surface area contributed by atoms with Gasteiger partial charge in [0.15, 0.2) is 0 Å². The highest BCUT2D eigenvalue weighted by atomic mass is 32.1. The Morgan fingerprint density at radius 1 is 1.30 bits per heavy atom. The van der Waals surface area contributed by atoms with E-state index in [0.29, 0.717) is 6.54 Å². The molecule has 0 unspecified atom stereocenters. The van der Waals surface area contributed by atoms with Crippen LogP contribution in [0.5, 0.6) is 0 Å². The van der Waals surface area contributed by atoms with E-state index in [1.54, 1.807) is 22.2 Å². The molecular weight excluding hydrogens is 316 g/mol. The van der Waals surface area contributed by atoms with Crippen LogP contribution in [0.25, 0.3) is 0 Å². The first kappa shape index (κ1) is 15.4. The third kappa shape index (κ3) is 3.48. The molecule has 0 saturated carbocycles. The quantitative estimate of drug-likeness (QED) is 0.793. The van der Waals surface area contributed by atoms with Crippen molar-refractivity contribution in [3.8, 4) is 0 Å². The van der Waals surface area contributed by atoms with E-state index in [2.05, 4.69) is 10.4 Å². The summed E-state index contributed by atoms with van der Waals surface area (Å²) in [5.41, 5.74) is 0. The minimum atomic E-state index is -0.345. The van der Waals surface area contributed by atoms with Gasteiger partial charge in [-0.05, 0) is 17.5 Å². The maximum atomic E-state index is 12.1. The molecule has 120 valence electrons. The minimum Gasteiger partial charge on any atom is -0.352 e. The second-order valence-corrected chi connectivity index (χ2v) is 6.17. The molecule has 7 nitrogen and oxygen atoms in total. The molecule has 0 bridgehead atoms. The van der Waals surface area contributed by atoms with E-state index in [4.69, 9.17) is 0 Å². The Bertz CT molecular complexity index is 646. The number of amides is 3. The average Bonchev–Trinajstić information content (AvgIpc) is 3.27. The number of imide groups is 1. The van der Waals surface area contributed by atoms with Crippen LogP contribution in [-0.2, 0) is 14.4 Å². The van der Waals surface area contributed by atoms with Gasteiger partial charge < -0.3 is 5.32 Å². The van der Waals surface area contributed by atoms with Crippen molar-refractivity contribution < 1.29 is 14.4 Å². The standard InChI is InChI=1S/C15H16N4O3S/c20-13(10-18-14(21)4-5-15(18)22)16-9-11(12-3-1-8-23-12)19-7-2-6-17-19/h1-3,6-8,11H,4-5,9-10H2,(H,16,20)/t11-/m1/s1. The van der Waals surface area contributed by atoms with Gasteiger partial charge in [0.05, 0.1) is 0 Å². The molecular formula is C15H16N4O3S. The molecule has 1 saturated heterocycles. The molecule has 3 rings (SSSR count). The van der Waals surface area contributed by atoms with E-state index in [1.807, 2.05) is 29.8 Å². The number of nitrogens with one attached hydrogen (secondary N) is 1. The van der Waals surface area contributed by atoms with Crippen molar-refractivity contribution in [2.45, 2.75) is 18.9 Å². The van der Waals surface area contributed by atoms with Gasteiger partial charge >= 0.3 is 0 Å². The Morgan fingerprint density at radius 3 is 2.70 bits per heavy atom. The molecule has 2 aromatic rings. The first-order chi connectivity index (χ1) is 11.1. The highest BCUT2D eigenvalue weighted by Gasteiger charge is 2.30. The zero-order valence-corrected chi connectivity index (χ0v) is 13.2. The molecule has 1 fully saturated rings. The third-order valence-corrected chi connectivity index (χ3v) is 4.64. The van der Waals surface area contributed by atoms with Crippen molar-refractivity contribution in [3.63, 3.8) is 0 Å². The van der Waals surface area contributed by atoms with Crippen molar-refractivity contribution in [2.24, 2.45) is 0 Å². The number of hydrogen-bond donors (Lipinski definition) is 1. The molecule has 3 amide bonds. The van der Waals surface area contributed by atoms with Crippen molar-refractivity contribution in [1.29, 1.82) is 0 Å². The van der Waals surface area contributed by atoms with Crippen LogP contribution in [0, 0.1) is 0 Å². The lowest BCUT2D eigenvalue weighted by Crippen LogP contribution is -2.41. The van der Waals surface area contributed by atoms with Gasteiger partial charge in [-0.25, -0.2) is 0 Å². The second-order valence-electron chi connectivity index (χ2n) is 5.19. The highest BCUT2D eigenvalue weighted by molar-refractivity contribution is 7.10. The van der Waals surface area contributed by atoms with E-state index < -0.39 is 0 Å². The number of aromatic nitrogens is 2. The van der Waals surface area contributed by atoms with Crippen molar-refractivity contribution in [1.82, 2.24) is 20.0 Å². The van der Waals surface area contributed by atoms with Crippen LogP contribution in [0.1, 0.15) is 23.8 Å². The fourth-order valence-corrected chi connectivity index (χ4v) is 3.30. The Morgan fingerprint density at radius 2 is 2.09 bits per heavy atom. The highest BCUT2D eigenvalue weighted by Crippen LogP contribution is 2.21. The average molecular weight is 332 g/mol. The van der Waals surface area contributed by atoms with Crippen LogP contribution in [-0.4, -0.2) is 45.5 Å². The Labute approximate surface area is 136 Å². The summed E-state index contributed by atoms with van der Waals surface area (Å²) < 4.78 is 1.78. The van der Waals surface area contributed by atoms with Gasteiger partial charge in [0.25, 0.3) is 0 Å². The van der Waals surface area contributed by atoms with Crippen LogP contribution < -0.4 is 5.32 Å². The van der Waals surface area contributed by atoms with Crippen LogP contribution in [0.15, 0.2) is 36.0 Å². The van der Waals surface area contributed by atoms with Crippen molar-refractivity contribution in [3.05, 3.63) is 40.8 Å². The summed E-state index contributed by atoms with van der Waals surface area (Å²) >= 11 is 1.58. The first-order valence-corrected chi connectivity index (χ1v) is 8.15. The third-order valence-electron chi connectivity index (χ3n) is 3.66. The van der Waals surface area contributed by atoms with Gasteiger partial charge in [-0.1, -0.05) is 6.07 Å². The first-order valence-electron chi connectivity index (χ1n) is 7.27. The maximum absolute atomic E-state index is 12.1. The smallest absolute Gasteiger partial charge is 0.240 e. The van der Waals surface area contributed by atoms with E-state index >= 15 is 0 Å². The summed E-state index contributed by atoms with van der Waals surface area (Å²) in [6, 6.07) is 5.64. The normalized spacial score (nSPS) is 15.9. The zero-order valence-electron chi connectivity index (χ0n) is 12.3.